The van der Waals surface area contributed by atoms with Gasteiger partial charge in [0.05, 0.1) is 18.2 Å². The average Bonchev–Trinajstić information content (AvgIpc) is 2.53. The van der Waals surface area contributed by atoms with E-state index in [-0.39, 0.29) is 5.56 Å². The Hall–Kier alpha value is -2.70. The van der Waals surface area contributed by atoms with Crippen LogP contribution in [0.3, 0.4) is 0 Å². The zero-order chi connectivity index (χ0) is 17.3. The van der Waals surface area contributed by atoms with Gasteiger partial charge in [0.2, 0.25) is 0 Å². The Morgan fingerprint density at radius 3 is 2.67 bits per heavy atom. The number of ether oxygens (including phenoxy) is 1. The Kier molecular flexibility index (Phi) is 4.09. The minimum atomic E-state index is -4.47. The predicted molar refractivity (Wildman–Crippen MR) is 80.9 cm³/mol. The molecule has 0 saturated carbocycles. The number of rotatable bonds is 2. The second kappa shape index (κ2) is 6.07. The predicted octanol–water partition coefficient (Wildman–Crippen LogP) is 4.46. The number of carboxylic acid groups (broad SMARTS) is 1. The minimum absolute atomic E-state index is 0.0486. The van der Waals surface area contributed by atoms with Crippen LogP contribution in [0, 0.1) is 0 Å². The number of fused-ring (bicyclic) bond motifs is 1. The molecule has 0 bridgehead atoms. The van der Waals surface area contributed by atoms with Gasteiger partial charge in [0.25, 0.3) is 0 Å². The molecule has 1 aliphatic heterocycles. The van der Waals surface area contributed by atoms with Crippen LogP contribution in [0.1, 0.15) is 23.6 Å². The van der Waals surface area contributed by atoms with Crippen molar-refractivity contribution in [1.29, 1.82) is 0 Å². The van der Waals surface area contributed by atoms with Crippen LogP contribution in [0.25, 0.3) is 11.1 Å². The highest BCUT2D eigenvalue weighted by atomic mass is 19.4. The first-order valence-corrected chi connectivity index (χ1v) is 7.29. The third-order valence-electron chi connectivity index (χ3n) is 3.89. The van der Waals surface area contributed by atoms with Crippen molar-refractivity contribution in [3.63, 3.8) is 0 Å². The fourth-order valence-electron chi connectivity index (χ4n) is 2.84. The van der Waals surface area contributed by atoms with Gasteiger partial charge in [-0.1, -0.05) is 24.3 Å². The van der Waals surface area contributed by atoms with Crippen LogP contribution < -0.4 is 10.1 Å². The highest BCUT2D eigenvalue weighted by Crippen LogP contribution is 2.40. The lowest BCUT2D eigenvalue weighted by Gasteiger charge is -2.26. The second-order valence-electron chi connectivity index (χ2n) is 5.44. The molecule has 3 rings (SSSR count). The summed E-state index contributed by atoms with van der Waals surface area (Å²) in [5, 5.41) is 11.3. The Bertz CT molecular complexity index is 774. The first-order valence-electron chi connectivity index (χ1n) is 7.29. The summed E-state index contributed by atoms with van der Waals surface area (Å²) in [6.45, 7) is 0.344. The van der Waals surface area contributed by atoms with Gasteiger partial charge in [-0.05, 0) is 29.3 Å². The normalized spacial score (nSPS) is 16.9. The van der Waals surface area contributed by atoms with Crippen LogP contribution in [0.15, 0.2) is 42.5 Å². The van der Waals surface area contributed by atoms with Gasteiger partial charge in [-0.3, -0.25) is 0 Å². The summed E-state index contributed by atoms with van der Waals surface area (Å²) in [4.78, 5) is 10.9. The number of benzene rings is 2. The molecule has 1 unspecified atom stereocenters. The van der Waals surface area contributed by atoms with Gasteiger partial charge in [0.1, 0.15) is 5.75 Å². The van der Waals surface area contributed by atoms with E-state index in [1.54, 1.807) is 18.2 Å². The molecule has 1 atom stereocenters. The number of amides is 1. The molecular weight excluding hydrogens is 323 g/mol. The lowest BCUT2D eigenvalue weighted by Crippen LogP contribution is -2.30. The minimum Gasteiger partial charge on any atom is -0.493 e. The monoisotopic (exact) mass is 337 g/mol. The first-order chi connectivity index (χ1) is 11.4. The number of hydrogen-bond acceptors (Lipinski definition) is 2. The van der Waals surface area contributed by atoms with E-state index in [0.29, 0.717) is 29.9 Å². The van der Waals surface area contributed by atoms with E-state index in [1.807, 2.05) is 0 Å². The lowest BCUT2D eigenvalue weighted by atomic mass is 9.93. The van der Waals surface area contributed by atoms with E-state index in [4.69, 9.17) is 9.84 Å². The van der Waals surface area contributed by atoms with E-state index >= 15 is 0 Å². The quantitative estimate of drug-likeness (QED) is 0.850. The van der Waals surface area contributed by atoms with Crippen LogP contribution in [0.4, 0.5) is 18.0 Å². The van der Waals surface area contributed by atoms with Crippen LogP contribution in [0.2, 0.25) is 0 Å². The number of carbonyl (C=O) groups is 1. The third kappa shape index (κ3) is 3.15. The van der Waals surface area contributed by atoms with Gasteiger partial charge >= 0.3 is 12.3 Å². The molecule has 24 heavy (non-hydrogen) atoms. The topological polar surface area (TPSA) is 58.6 Å². The zero-order valence-corrected chi connectivity index (χ0v) is 12.4. The Balaban J connectivity index is 2.07. The van der Waals surface area contributed by atoms with Crippen molar-refractivity contribution in [1.82, 2.24) is 5.32 Å². The molecule has 0 saturated heterocycles. The Morgan fingerprint density at radius 2 is 1.96 bits per heavy atom. The summed E-state index contributed by atoms with van der Waals surface area (Å²) in [5.41, 5.74) is 0.222. The molecule has 4 nitrogen and oxygen atoms in total. The largest absolute Gasteiger partial charge is 0.493 e. The molecule has 0 aliphatic carbocycles. The third-order valence-corrected chi connectivity index (χ3v) is 3.89. The van der Waals surface area contributed by atoms with Crippen LogP contribution in [-0.4, -0.2) is 17.8 Å². The fraction of sp³-hybridized carbons (Fsp3) is 0.235. The molecule has 0 spiro atoms. The van der Waals surface area contributed by atoms with Crippen molar-refractivity contribution >= 4 is 6.09 Å². The number of nitrogens with one attached hydrogen (secondary N) is 1. The zero-order valence-electron chi connectivity index (χ0n) is 12.4. The molecule has 126 valence electrons. The summed E-state index contributed by atoms with van der Waals surface area (Å²) in [6, 6.07) is 9.46. The van der Waals surface area contributed by atoms with Crippen molar-refractivity contribution < 1.29 is 27.8 Å². The Labute approximate surface area is 135 Å². The molecule has 0 aromatic heterocycles. The summed E-state index contributed by atoms with van der Waals surface area (Å²) in [5.74, 6) is 0.480. The number of alkyl halides is 3. The molecule has 1 aliphatic rings. The van der Waals surface area contributed by atoms with Gasteiger partial charge in [-0.25, -0.2) is 4.79 Å². The fourth-order valence-corrected chi connectivity index (χ4v) is 2.84. The average molecular weight is 337 g/mol. The molecule has 2 aromatic rings. The van der Waals surface area contributed by atoms with Crippen molar-refractivity contribution in [3.05, 3.63) is 53.6 Å². The van der Waals surface area contributed by atoms with E-state index in [1.165, 1.54) is 18.2 Å². The van der Waals surface area contributed by atoms with E-state index < -0.39 is 23.9 Å². The molecule has 2 N–H and O–H groups in total. The van der Waals surface area contributed by atoms with Gasteiger partial charge in [0.15, 0.2) is 0 Å². The smallest absolute Gasteiger partial charge is 0.417 e. The van der Waals surface area contributed by atoms with Gasteiger partial charge in [-0.2, -0.15) is 13.2 Å². The summed E-state index contributed by atoms with van der Waals surface area (Å²) >= 11 is 0. The molecule has 1 amide bonds. The highest BCUT2D eigenvalue weighted by Gasteiger charge is 2.33. The van der Waals surface area contributed by atoms with E-state index in [2.05, 4.69) is 5.32 Å². The maximum absolute atomic E-state index is 13.2. The standard InChI is InChI=1S/C17H14F3NO3/c18-17(19,20)13-4-2-1-3-11(13)10-5-6-15-12(9-10)14(7-8-24-15)21-16(22)23/h1-6,9,14,21H,7-8H2,(H,22,23). The van der Waals surface area contributed by atoms with Crippen molar-refractivity contribution in [2.24, 2.45) is 0 Å². The SMILES string of the molecule is O=C(O)NC1CCOc2ccc(-c3ccccc3C(F)(F)F)cc21. The molecule has 0 fully saturated rings. The van der Waals surface area contributed by atoms with Crippen LogP contribution in [0.5, 0.6) is 5.75 Å². The second-order valence-corrected chi connectivity index (χ2v) is 5.44. The van der Waals surface area contributed by atoms with Crippen LogP contribution >= 0.6 is 0 Å². The lowest BCUT2D eigenvalue weighted by molar-refractivity contribution is -0.137. The molecule has 0 radical (unpaired) electrons. The molecule has 7 heteroatoms. The Morgan fingerprint density at radius 1 is 1.21 bits per heavy atom. The van der Waals surface area contributed by atoms with Gasteiger partial charge < -0.3 is 15.2 Å². The first kappa shape index (κ1) is 16.2. The molecular formula is C17H14F3NO3. The maximum atomic E-state index is 13.2. The van der Waals surface area contributed by atoms with E-state index in [0.717, 1.165) is 6.07 Å². The summed E-state index contributed by atoms with van der Waals surface area (Å²) < 4.78 is 45.1. The molecule has 2 aromatic carbocycles. The van der Waals surface area contributed by atoms with Crippen LogP contribution in [-0.2, 0) is 6.18 Å². The van der Waals surface area contributed by atoms with Gasteiger partial charge in [-0.15, -0.1) is 0 Å². The van der Waals surface area contributed by atoms with Crippen molar-refractivity contribution in [2.45, 2.75) is 18.6 Å². The highest BCUT2D eigenvalue weighted by molar-refractivity contribution is 5.71. The van der Waals surface area contributed by atoms with Gasteiger partial charge in [0, 0.05) is 12.0 Å². The van der Waals surface area contributed by atoms with E-state index in [9.17, 15) is 18.0 Å². The maximum Gasteiger partial charge on any atom is 0.417 e. The summed E-state index contributed by atoms with van der Waals surface area (Å²) in [6.07, 6.45) is -5.24. The van der Waals surface area contributed by atoms with Crippen molar-refractivity contribution in [3.8, 4) is 16.9 Å². The summed E-state index contributed by atoms with van der Waals surface area (Å²) in [7, 11) is 0. The van der Waals surface area contributed by atoms with Crippen molar-refractivity contribution in [2.75, 3.05) is 6.61 Å². The number of halogens is 3. The molecule has 1 heterocycles. The number of hydrogen-bond donors (Lipinski definition) is 2.